The second-order valence-electron chi connectivity index (χ2n) is 7.08. The van der Waals surface area contributed by atoms with E-state index in [-0.39, 0.29) is 11.4 Å². The van der Waals surface area contributed by atoms with Gasteiger partial charge in [0.1, 0.15) is 11.4 Å². The van der Waals surface area contributed by atoms with E-state index in [9.17, 15) is 20.2 Å². The van der Waals surface area contributed by atoms with Gasteiger partial charge in [-0.25, -0.2) is 0 Å². The Morgan fingerprint density at radius 3 is 2.25 bits per heavy atom. The SMILES string of the molecule is Cc1cc(C)c[n+](CC(=NNc2ccc([N+](=O)[O-])cc2[N+](=O)[O-])c2ccc(Cl)c(Cl)c2)c1. The van der Waals surface area contributed by atoms with Crippen LogP contribution in [0.2, 0.25) is 10.0 Å². The first-order valence-electron chi connectivity index (χ1n) is 9.32. The van der Waals surface area contributed by atoms with Gasteiger partial charge >= 0.3 is 5.69 Å². The number of anilines is 1. The van der Waals surface area contributed by atoms with Gasteiger partial charge in [0.05, 0.1) is 26.0 Å². The molecule has 0 radical (unpaired) electrons. The first-order chi connectivity index (χ1) is 15.1. The maximum Gasteiger partial charge on any atom is 0.301 e. The molecule has 1 N–H and O–H groups in total. The Morgan fingerprint density at radius 1 is 0.969 bits per heavy atom. The fourth-order valence-electron chi connectivity index (χ4n) is 3.13. The zero-order valence-electron chi connectivity index (χ0n) is 17.1. The number of hydrogen-bond donors (Lipinski definition) is 1. The van der Waals surface area contributed by atoms with Crippen LogP contribution in [0.15, 0.2) is 60.0 Å². The lowest BCUT2D eigenvalue weighted by Gasteiger charge is -2.08. The summed E-state index contributed by atoms with van der Waals surface area (Å²) in [5, 5.41) is 27.5. The minimum Gasteiger partial charge on any atom is -0.271 e. The second kappa shape index (κ2) is 9.71. The van der Waals surface area contributed by atoms with Crippen molar-refractivity contribution in [2.75, 3.05) is 5.43 Å². The number of rotatable bonds is 7. The summed E-state index contributed by atoms with van der Waals surface area (Å²) in [5.41, 5.74) is 5.13. The number of benzene rings is 2. The molecule has 3 rings (SSSR count). The Hall–Kier alpha value is -3.56. The van der Waals surface area contributed by atoms with E-state index < -0.39 is 15.5 Å². The van der Waals surface area contributed by atoms with Crippen LogP contribution in [0.5, 0.6) is 0 Å². The molecule has 164 valence electrons. The van der Waals surface area contributed by atoms with E-state index in [4.69, 9.17) is 23.2 Å². The van der Waals surface area contributed by atoms with Crippen molar-refractivity contribution in [3.8, 4) is 0 Å². The molecule has 1 heterocycles. The summed E-state index contributed by atoms with van der Waals surface area (Å²) in [4.78, 5) is 21.0. The molecule has 9 nitrogen and oxygen atoms in total. The van der Waals surface area contributed by atoms with Gasteiger partial charge in [0.15, 0.2) is 18.9 Å². The average molecular weight is 475 g/mol. The lowest BCUT2D eigenvalue weighted by Crippen LogP contribution is -2.38. The summed E-state index contributed by atoms with van der Waals surface area (Å²) in [7, 11) is 0. The Balaban J connectivity index is 2.04. The fraction of sp³-hybridized carbons (Fsp3) is 0.143. The molecule has 0 unspecified atom stereocenters. The second-order valence-corrected chi connectivity index (χ2v) is 7.89. The lowest BCUT2D eigenvalue weighted by molar-refractivity contribution is -0.682. The molecule has 0 amide bonds. The molecule has 2 aromatic carbocycles. The standard InChI is InChI=1S/C21H18Cl2N5O4/c1-13-7-14(2)11-26(10-13)12-20(15-3-5-17(22)18(23)8-15)25-24-19-6-4-16(27(29)30)9-21(19)28(31)32/h3-11,24H,12H2,1-2H3/q+1. The summed E-state index contributed by atoms with van der Waals surface area (Å²) in [5.74, 6) is 0. The molecule has 11 heteroatoms. The van der Waals surface area contributed by atoms with Crippen molar-refractivity contribution in [3.05, 3.63) is 102 Å². The molecule has 32 heavy (non-hydrogen) atoms. The van der Waals surface area contributed by atoms with Crippen LogP contribution in [0, 0.1) is 34.1 Å². The number of non-ortho nitro benzene ring substituents is 1. The maximum atomic E-state index is 11.4. The average Bonchev–Trinajstić information content (AvgIpc) is 2.72. The van der Waals surface area contributed by atoms with Crippen molar-refractivity contribution >= 4 is 46.0 Å². The van der Waals surface area contributed by atoms with Gasteiger partial charge in [-0.15, -0.1) is 0 Å². The van der Waals surface area contributed by atoms with Gasteiger partial charge < -0.3 is 0 Å². The van der Waals surface area contributed by atoms with E-state index in [0.717, 1.165) is 17.2 Å². The number of nitro groups is 2. The predicted molar refractivity (Wildman–Crippen MR) is 122 cm³/mol. The molecule has 0 spiro atoms. The van der Waals surface area contributed by atoms with Crippen molar-refractivity contribution in [2.45, 2.75) is 20.4 Å². The number of halogens is 2. The lowest BCUT2D eigenvalue weighted by atomic mass is 10.1. The molecular weight excluding hydrogens is 457 g/mol. The monoisotopic (exact) mass is 474 g/mol. The van der Waals surface area contributed by atoms with E-state index in [1.54, 1.807) is 18.2 Å². The van der Waals surface area contributed by atoms with E-state index >= 15 is 0 Å². The van der Waals surface area contributed by atoms with Crippen LogP contribution >= 0.6 is 23.2 Å². The molecule has 3 aromatic rings. The minimum absolute atomic E-state index is 0.0172. The van der Waals surface area contributed by atoms with Crippen LogP contribution in [0.25, 0.3) is 0 Å². The minimum atomic E-state index is -0.706. The highest BCUT2D eigenvalue weighted by Crippen LogP contribution is 2.29. The fourth-order valence-corrected chi connectivity index (χ4v) is 3.43. The largest absolute Gasteiger partial charge is 0.301 e. The van der Waals surface area contributed by atoms with Gasteiger partial charge in [-0.1, -0.05) is 29.3 Å². The number of aromatic nitrogens is 1. The quantitative estimate of drug-likeness (QED) is 0.218. The van der Waals surface area contributed by atoms with Gasteiger partial charge in [-0.2, -0.15) is 9.67 Å². The molecule has 0 saturated heterocycles. The maximum absolute atomic E-state index is 11.4. The molecule has 1 aromatic heterocycles. The smallest absolute Gasteiger partial charge is 0.271 e. The first-order valence-corrected chi connectivity index (χ1v) is 10.1. The summed E-state index contributed by atoms with van der Waals surface area (Å²) in [6.07, 6.45) is 3.88. The molecule has 0 atom stereocenters. The molecular formula is C21H18Cl2N5O4+. The topological polar surface area (TPSA) is 115 Å². The first kappa shape index (κ1) is 23.1. The number of aryl methyl sites for hydroxylation is 2. The van der Waals surface area contributed by atoms with Gasteiger partial charge in [0.2, 0.25) is 0 Å². The summed E-state index contributed by atoms with van der Waals surface area (Å²) < 4.78 is 1.93. The van der Waals surface area contributed by atoms with Crippen molar-refractivity contribution in [1.29, 1.82) is 0 Å². The number of nitro benzene ring substituents is 2. The normalized spacial score (nSPS) is 11.3. The van der Waals surface area contributed by atoms with Crippen LogP contribution in [-0.4, -0.2) is 15.6 Å². The third-order valence-corrected chi connectivity index (χ3v) is 5.22. The van der Waals surface area contributed by atoms with E-state index in [2.05, 4.69) is 10.5 Å². The van der Waals surface area contributed by atoms with Crippen LogP contribution in [-0.2, 0) is 6.54 Å². The highest BCUT2D eigenvalue weighted by Gasteiger charge is 2.20. The summed E-state index contributed by atoms with van der Waals surface area (Å²) >= 11 is 12.2. The number of hydrogen-bond acceptors (Lipinski definition) is 6. The third kappa shape index (κ3) is 5.57. The Morgan fingerprint density at radius 2 is 1.66 bits per heavy atom. The van der Waals surface area contributed by atoms with Gasteiger partial charge in [-0.3, -0.25) is 25.7 Å². The van der Waals surface area contributed by atoms with E-state index in [1.807, 2.05) is 36.9 Å². The van der Waals surface area contributed by atoms with Crippen molar-refractivity contribution in [1.82, 2.24) is 0 Å². The number of nitrogens with one attached hydrogen (secondary N) is 1. The van der Waals surface area contributed by atoms with Crippen molar-refractivity contribution in [3.63, 3.8) is 0 Å². The molecule has 0 fully saturated rings. The van der Waals surface area contributed by atoms with Gasteiger partial charge in [0.25, 0.3) is 5.69 Å². The Labute approximate surface area is 193 Å². The molecule has 0 aliphatic rings. The molecule has 0 aliphatic carbocycles. The van der Waals surface area contributed by atoms with Crippen molar-refractivity contribution < 1.29 is 14.4 Å². The van der Waals surface area contributed by atoms with Crippen LogP contribution in [0.1, 0.15) is 16.7 Å². The molecule has 0 bridgehead atoms. The highest BCUT2D eigenvalue weighted by molar-refractivity contribution is 6.42. The summed E-state index contributed by atoms with van der Waals surface area (Å²) in [6, 6.07) is 10.4. The van der Waals surface area contributed by atoms with E-state index in [1.165, 1.54) is 12.1 Å². The molecule has 0 aliphatic heterocycles. The van der Waals surface area contributed by atoms with E-state index in [0.29, 0.717) is 27.9 Å². The summed E-state index contributed by atoms with van der Waals surface area (Å²) in [6.45, 7) is 4.27. The Kier molecular flexibility index (Phi) is 7.01. The van der Waals surface area contributed by atoms with Gasteiger partial charge in [-0.05, 0) is 38.1 Å². The number of pyridine rings is 1. The number of nitrogens with zero attached hydrogens (tertiary/aromatic N) is 4. The zero-order chi connectivity index (χ0) is 23.4. The Bertz CT molecular complexity index is 1230. The predicted octanol–water partition coefficient (Wildman–Crippen LogP) is 5.23. The van der Waals surface area contributed by atoms with Gasteiger partial charge in [0, 0.05) is 22.8 Å². The zero-order valence-corrected chi connectivity index (χ0v) is 18.6. The van der Waals surface area contributed by atoms with Crippen molar-refractivity contribution in [2.24, 2.45) is 5.10 Å². The van der Waals surface area contributed by atoms with Crippen LogP contribution in [0.3, 0.4) is 0 Å². The number of hydrazone groups is 1. The highest BCUT2D eigenvalue weighted by atomic mass is 35.5. The third-order valence-electron chi connectivity index (χ3n) is 4.48. The van der Waals surface area contributed by atoms with Crippen LogP contribution in [0.4, 0.5) is 17.1 Å². The molecule has 0 saturated carbocycles. The van der Waals surface area contributed by atoms with Crippen LogP contribution < -0.4 is 9.99 Å².